The molecule has 0 saturated heterocycles. The minimum absolute atomic E-state index is 0.949. The van der Waals surface area contributed by atoms with Crippen LogP contribution in [0.15, 0.2) is 0 Å². The van der Waals surface area contributed by atoms with Crippen LogP contribution in [0.4, 0.5) is 0 Å². The van der Waals surface area contributed by atoms with Crippen LogP contribution in [-0.4, -0.2) is 17.7 Å². The summed E-state index contributed by atoms with van der Waals surface area (Å²) in [5.41, 5.74) is 0. The first-order valence-electron chi connectivity index (χ1n) is 3.31. The first-order chi connectivity index (χ1) is 3.31. The maximum absolute atomic E-state index is 2.31. The van der Waals surface area contributed by atoms with Gasteiger partial charge in [-0.1, -0.05) is 0 Å². The molecule has 0 radical (unpaired) electrons. The average Bonchev–Trinajstić information content (AvgIpc) is 1.68. The summed E-state index contributed by atoms with van der Waals surface area (Å²) in [6, 6.07) is 0. The summed E-state index contributed by atoms with van der Waals surface area (Å²) in [6.07, 6.45) is 4.08. The number of hydrogen-bond acceptors (Lipinski definition) is 0. The van der Waals surface area contributed by atoms with Gasteiger partial charge in [0.1, 0.15) is 0 Å². The molecule has 0 aromatic rings. The van der Waals surface area contributed by atoms with E-state index < -0.39 is 0 Å². The van der Waals surface area contributed by atoms with E-state index in [0.29, 0.717) is 0 Å². The molecule has 0 amide bonds. The Bertz CT molecular complexity index is 35.2. The molecule has 1 heteroatoms. The molecule has 0 N–H and O–H groups in total. The molecular weight excluding hydrogens is 79.0 g/mol. The molecule has 38 valence electrons. The van der Waals surface area contributed by atoms with Crippen molar-refractivity contribution < 1.29 is 0 Å². The number of rotatable bonds is 3. The van der Waals surface area contributed by atoms with Crippen LogP contribution in [0.5, 0.6) is 0 Å². The van der Waals surface area contributed by atoms with Crippen molar-refractivity contribution >= 4 is 17.7 Å². The Labute approximate surface area is 55.9 Å². The van der Waals surface area contributed by atoms with Gasteiger partial charge in [-0.15, -0.1) is 0 Å². The molecule has 0 heterocycles. The van der Waals surface area contributed by atoms with E-state index in [1.165, 1.54) is 19.3 Å². The Morgan fingerprint density at radius 2 is 2.00 bits per heavy atom. The fourth-order valence-electron chi connectivity index (χ4n) is 0.697. The van der Waals surface area contributed by atoms with Gasteiger partial charge in [-0.05, 0) is 0 Å². The van der Waals surface area contributed by atoms with E-state index in [9.17, 15) is 0 Å². The van der Waals surface area contributed by atoms with Crippen molar-refractivity contribution in [3.8, 4) is 0 Å². The summed E-state index contributed by atoms with van der Waals surface area (Å²) >= 11 is 2.31. The van der Waals surface area contributed by atoms with Crippen LogP contribution >= 0.6 is 0 Å². The van der Waals surface area contributed by atoms with Gasteiger partial charge in [0.15, 0.2) is 0 Å². The monoisotopic (exact) mass is 92.1 g/mol. The van der Waals surface area contributed by atoms with Crippen molar-refractivity contribution in [3.63, 3.8) is 0 Å². The van der Waals surface area contributed by atoms with E-state index in [0.717, 1.165) is 4.59 Å². The van der Waals surface area contributed by atoms with Crippen LogP contribution in [0.1, 0.15) is 33.1 Å². The van der Waals surface area contributed by atoms with Crippen molar-refractivity contribution in [1.29, 1.82) is 0 Å². The zero-order valence-corrected chi connectivity index (χ0v) is 5.70. The first kappa shape index (κ1) is 7.60. The zero-order valence-electron chi connectivity index (χ0n) is 5.70. The van der Waals surface area contributed by atoms with Crippen LogP contribution in [0.25, 0.3) is 0 Å². The van der Waals surface area contributed by atoms with Gasteiger partial charge < -0.3 is 0 Å². The van der Waals surface area contributed by atoms with Crippen LogP contribution in [0.3, 0.4) is 0 Å². The minimum atomic E-state index is 0.949. The van der Waals surface area contributed by atoms with E-state index in [1.54, 1.807) is 0 Å². The molecule has 0 aromatic carbocycles. The Kier molecular flexibility index (Phi) is 5.15. The summed E-state index contributed by atoms with van der Waals surface area (Å²) < 4.78 is 0.949. The summed E-state index contributed by atoms with van der Waals surface area (Å²) in [6.45, 7) is 4.49. The number of hydrogen-bond donors (Lipinski definition) is 0. The Hall–Kier alpha value is 0.597. The SMILES string of the molecule is [Li][CH](CC)CCC. The normalized spacial score (nSPS) is 14.3. The molecule has 0 aliphatic rings. The topological polar surface area (TPSA) is 0 Å². The summed E-state index contributed by atoms with van der Waals surface area (Å²) in [5, 5.41) is 0. The summed E-state index contributed by atoms with van der Waals surface area (Å²) in [4.78, 5) is 0. The van der Waals surface area contributed by atoms with E-state index in [-0.39, 0.29) is 0 Å². The van der Waals surface area contributed by atoms with Crippen molar-refractivity contribution in [2.24, 2.45) is 0 Å². The average molecular weight is 92.1 g/mol. The van der Waals surface area contributed by atoms with Crippen molar-refractivity contribution in [3.05, 3.63) is 0 Å². The molecule has 1 unspecified atom stereocenters. The van der Waals surface area contributed by atoms with Crippen molar-refractivity contribution in [1.82, 2.24) is 0 Å². The molecule has 0 aliphatic carbocycles. The van der Waals surface area contributed by atoms with Crippen LogP contribution in [0.2, 0.25) is 4.59 Å². The fraction of sp³-hybridized carbons (Fsp3) is 1.00. The molecule has 0 spiro atoms. The fourth-order valence-corrected chi connectivity index (χ4v) is 0.697. The Morgan fingerprint density at radius 1 is 1.43 bits per heavy atom. The van der Waals surface area contributed by atoms with E-state index >= 15 is 0 Å². The van der Waals surface area contributed by atoms with Crippen molar-refractivity contribution in [2.45, 2.75) is 37.7 Å². The third kappa shape index (κ3) is 4.45. The predicted octanol–water partition coefficient (Wildman–Crippen LogP) is 2.15. The first-order valence-corrected chi connectivity index (χ1v) is 3.31. The Balaban J connectivity index is 2.83. The van der Waals surface area contributed by atoms with Crippen LogP contribution in [-0.2, 0) is 0 Å². The molecule has 0 nitrogen and oxygen atoms in total. The van der Waals surface area contributed by atoms with Gasteiger partial charge in [0, 0.05) is 0 Å². The van der Waals surface area contributed by atoms with Gasteiger partial charge in [0.05, 0.1) is 0 Å². The third-order valence-electron chi connectivity index (χ3n) is 1.48. The summed E-state index contributed by atoms with van der Waals surface area (Å²) in [5.74, 6) is 0. The quantitative estimate of drug-likeness (QED) is 0.468. The van der Waals surface area contributed by atoms with E-state index in [2.05, 4.69) is 31.6 Å². The van der Waals surface area contributed by atoms with E-state index in [4.69, 9.17) is 0 Å². The molecule has 0 aliphatic heterocycles. The third-order valence-corrected chi connectivity index (χ3v) is 1.48. The molecule has 0 saturated carbocycles. The predicted molar refractivity (Wildman–Crippen MR) is 34.7 cm³/mol. The van der Waals surface area contributed by atoms with Gasteiger partial charge in [0.2, 0.25) is 0 Å². The molecule has 0 rings (SSSR count). The maximum atomic E-state index is 2.31. The summed E-state index contributed by atoms with van der Waals surface area (Å²) in [7, 11) is 0. The molecule has 7 heavy (non-hydrogen) atoms. The van der Waals surface area contributed by atoms with Crippen LogP contribution in [0, 0.1) is 0 Å². The van der Waals surface area contributed by atoms with Crippen molar-refractivity contribution in [2.75, 3.05) is 0 Å². The van der Waals surface area contributed by atoms with Gasteiger partial charge in [0.25, 0.3) is 0 Å². The molecule has 0 fully saturated rings. The van der Waals surface area contributed by atoms with E-state index in [1.807, 2.05) is 0 Å². The van der Waals surface area contributed by atoms with Crippen LogP contribution < -0.4 is 0 Å². The molecular formula is C6H13Li. The second kappa shape index (κ2) is 4.75. The van der Waals surface area contributed by atoms with Gasteiger partial charge >= 0.3 is 55.4 Å². The Morgan fingerprint density at radius 3 is 2.14 bits per heavy atom. The van der Waals surface area contributed by atoms with Gasteiger partial charge in [-0.2, -0.15) is 0 Å². The molecule has 0 aromatic heterocycles. The second-order valence-corrected chi connectivity index (χ2v) is 2.30. The zero-order chi connectivity index (χ0) is 5.70. The second-order valence-electron chi connectivity index (χ2n) is 2.30. The van der Waals surface area contributed by atoms with Gasteiger partial charge in [-0.25, -0.2) is 0 Å². The molecule has 0 bridgehead atoms. The molecule has 1 atom stereocenters. The standard InChI is InChI=1S/C6H13.Li/c1-3-5-6-4-2;/h5H,3-4,6H2,1-2H3;. The van der Waals surface area contributed by atoms with Gasteiger partial charge in [-0.3, -0.25) is 0 Å².